The number of esters is 1. The zero-order valence-electron chi connectivity index (χ0n) is 16.3. The molecule has 0 aliphatic carbocycles. The molecule has 0 radical (unpaired) electrons. The highest BCUT2D eigenvalue weighted by Crippen LogP contribution is 2.19. The first-order valence-electron chi connectivity index (χ1n) is 9.34. The van der Waals surface area contributed by atoms with E-state index in [2.05, 4.69) is 10.4 Å². The van der Waals surface area contributed by atoms with Gasteiger partial charge in [-0.2, -0.15) is 13.7 Å². The minimum absolute atomic E-state index is 0.123. The number of aromatic nitrogens is 4. The van der Waals surface area contributed by atoms with Crippen LogP contribution in [0, 0.1) is 0 Å². The number of nitrogens with zero attached hydrogens (tertiary/aromatic N) is 5. The van der Waals surface area contributed by atoms with Crippen LogP contribution in [0.2, 0.25) is 0 Å². The monoisotopic (exact) mass is 465 g/mol. The Morgan fingerprint density at radius 3 is 2.71 bits per heavy atom. The number of rotatable bonds is 7. The Hall–Kier alpha value is -2.87. The molecular weight excluding hydrogens is 446 g/mol. The summed E-state index contributed by atoms with van der Waals surface area (Å²) in [6, 6.07) is 9.70. The lowest BCUT2D eigenvalue weighted by molar-refractivity contribution is -0.146. The second kappa shape index (κ2) is 9.09. The Balaban J connectivity index is 1.39. The van der Waals surface area contributed by atoms with E-state index < -0.39 is 28.2 Å². The van der Waals surface area contributed by atoms with Crippen LogP contribution in [0.1, 0.15) is 5.56 Å². The summed E-state index contributed by atoms with van der Waals surface area (Å²) < 4.78 is 39.3. The summed E-state index contributed by atoms with van der Waals surface area (Å²) in [6.07, 6.45) is 0. The Morgan fingerprint density at radius 1 is 1.16 bits per heavy atom. The molecule has 2 aromatic heterocycles. The standard InChI is InChI=1S/C18H19N5O6S2/c24-17(12-22-18(25)23(20-19-22)16-5-2-10-30-16)29-13-14-3-1-4-15(11-14)31(26,27)21-6-8-28-9-7-21/h1-5,10-11H,6-9,12-13H2. The van der Waals surface area contributed by atoms with Crippen LogP contribution in [0.3, 0.4) is 0 Å². The van der Waals surface area contributed by atoms with Crippen molar-refractivity contribution in [1.29, 1.82) is 0 Å². The molecule has 0 saturated carbocycles. The van der Waals surface area contributed by atoms with Gasteiger partial charge in [-0.25, -0.2) is 13.2 Å². The molecule has 4 rings (SSSR count). The number of thiophene rings is 1. The summed E-state index contributed by atoms with van der Waals surface area (Å²) in [6.45, 7) is 0.750. The number of sulfonamides is 1. The van der Waals surface area contributed by atoms with Crippen LogP contribution in [0.25, 0.3) is 5.00 Å². The number of tetrazole rings is 1. The fourth-order valence-corrected chi connectivity index (χ4v) is 5.11. The van der Waals surface area contributed by atoms with Crippen molar-refractivity contribution in [1.82, 2.24) is 24.1 Å². The van der Waals surface area contributed by atoms with Crippen LogP contribution in [0.4, 0.5) is 0 Å². The lowest BCUT2D eigenvalue weighted by atomic mass is 10.2. The first-order chi connectivity index (χ1) is 14.9. The minimum Gasteiger partial charge on any atom is -0.459 e. The third-order valence-corrected chi connectivity index (χ3v) is 7.28. The van der Waals surface area contributed by atoms with Crippen molar-refractivity contribution in [2.45, 2.75) is 18.0 Å². The molecule has 1 aliphatic heterocycles. The molecule has 1 fully saturated rings. The number of carbonyl (C=O) groups is 1. The predicted octanol–water partition coefficient (Wildman–Crippen LogP) is 0.255. The predicted molar refractivity (Wildman–Crippen MR) is 109 cm³/mol. The number of morpholine rings is 1. The molecule has 164 valence electrons. The van der Waals surface area contributed by atoms with E-state index in [9.17, 15) is 18.0 Å². The maximum Gasteiger partial charge on any atom is 0.369 e. The second-order valence-corrected chi connectivity index (χ2v) is 9.47. The fraction of sp³-hybridized carbons (Fsp3) is 0.333. The van der Waals surface area contributed by atoms with Gasteiger partial charge in [0.15, 0.2) is 0 Å². The first kappa shape index (κ1) is 21.4. The van der Waals surface area contributed by atoms with E-state index in [1.165, 1.54) is 27.8 Å². The number of hydrogen-bond donors (Lipinski definition) is 0. The molecule has 0 spiro atoms. The van der Waals surface area contributed by atoms with E-state index in [-0.39, 0.29) is 11.5 Å². The molecule has 0 bridgehead atoms. The number of carbonyl (C=O) groups excluding carboxylic acids is 1. The van der Waals surface area contributed by atoms with Crippen molar-refractivity contribution in [3.8, 4) is 5.00 Å². The third kappa shape index (κ3) is 4.74. The van der Waals surface area contributed by atoms with Gasteiger partial charge in [0.2, 0.25) is 10.0 Å². The van der Waals surface area contributed by atoms with Gasteiger partial charge >= 0.3 is 11.7 Å². The van der Waals surface area contributed by atoms with Gasteiger partial charge in [0.1, 0.15) is 18.2 Å². The molecule has 1 aliphatic rings. The molecule has 0 N–H and O–H groups in total. The van der Waals surface area contributed by atoms with E-state index in [4.69, 9.17) is 9.47 Å². The normalized spacial score (nSPS) is 15.1. The van der Waals surface area contributed by atoms with Gasteiger partial charge < -0.3 is 9.47 Å². The SMILES string of the molecule is O=C(Cn1nnn(-c2cccs2)c1=O)OCc1cccc(S(=O)(=O)N2CCOCC2)c1. The minimum atomic E-state index is -3.65. The Bertz CT molecular complexity index is 1210. The molecule has 3 aromatic rings. The van der Waals surface area contributed by atoms with E-state index in [1.54, 1.807) is 29.6 Å². The van der Waals surface area contributed by atoms with Crippen molar-refractivity contribution >= 4 is 27.3 Å². The molecule has 31 heavy (non-hydrogen) atoms. The van der Waals surface area contributed by atoms with Gasteiger partial charge in [-0.3, -0.25) is 4.79 Å². The maximum absolute atomic E-state index is 12.8. The molecule has 0 amide bonds. The van der Waals surface area contributed by atoms with Crippen molar-refractivity contribution in [2.24, 2.45) is 0 Å². The highest BCUT2D eigenvalue weighted by Gasteiger charge is 2.26. The topological polar surface area (TPSA) is 126 Å². The molecule has 0 atom stereocenters. The van der Waals surface area contributed by atoms with Crippen LogP contribution in [-0.4, -0.2) is 64.8 Å². The number of ether oxygens (including phenoxy) is 2. The smallest absolute Gasteiger partial charge is 0.369 e. The number of benzene rings is 1. The Morgan fingerprint density at radius 2 is 1.97 bits per heavy atom. The van der Waals surface area contributed by atoms with Gasteiger partial charge in [-0.1, -0.05) is 12.1 Å². The highest BCUT2D eigenvalue weighted by atomic mass is 32.2. The number of hydrogen-bond acceptors (Lipinski definition) is 9. The largest absolute Gasteiger partial charge is 0.459 e. The second-order valence-electron chi connectivity index (χ2n) is 6.61. The van der Waals surface area contributed by atoms with E-state index >= 15 is 0 Å². The summed E-state index contributed by atoms with van der Waals surface area (Å²) in [5.41, 5.74) is -0.0460. The zero-order valence-corrected chi connectivity index (χ0v) is 17.9. The molecule has 11 nitrogen and oxygen atoms in total. The fourth-order valence-electron chi connectivity index (χ4n) is 2.97. The maximum atomic E-state index is 12.8. The summed E-state index contributed by atoms with van der Waals surface area (Å²) in [5.74, 6) is -0.693. The van der Waals surface area contributed by atoms with Crippen LogP contribution in [0.15, 0.2) is 51.5 Å². The average molecular weight is 466 g/mol. The molecule has 1 saturated heterocycles. The van der Waals surface area contributed by atoms with Crippen LogP contribution < -0.4 is 5.69 Å². The van der Waals surface area contributed by atoms with E-state index in [0.29, 0.717) is 36.9 Å². The van der Waals surface area contributed by atoms with Crippen molar-refractivity contribution < 1.29 is 22.7 Å². The summed E-state index contributed by atoms with van der Waals surface area (Å²) in [7, 11) is -3.65. The van der Waals surface area contributed by atoms with E-state index in [1.807, 2.05) is 0 Å². The van der Waals surface area contributed by atoms with Crippen LogP contribution >= 0.6 is 11.3 Å². The lowest BCUT2D eigenvalue weighted by Crippen LogP contribution is -2.40. The van der Waals surface area contributed by atoms with Crippen molar-refractivity contribution in [3.05, 3.63) is 57.8 Å². The summed E-state index contributed by atoms with van der Waals surface area (Å²) >= 11 is 1.31. The van der Waals surface area contributed by atoms with Crippen LogP contribution in [0.5, 0.6) is 0 Å². The Kier molecular flexibility index (Phi) is 6.27. The van der Waals surface area contributed by atoms with E-state index in [0.717, 1.165) is 9.36 Å². The molecule has 1 aromatic carbocycles. The van der Waals surface area contributed by atoms with Crippen LogP contribution in [-0.2, 0) is 37.4 Å². The average Bonchev–Trinajstić information content (AvgIpc) is 3.43. The van der Waals surface area contributed by atoms with Gasteiger partial charge in [-0.15, -0.1) is 11.3 Å². The summed E-state index contributed by atoms with van der Waals surface area (Å²) in [5, 5.41) is 9.82. The Labute approximate surface area is 181 Å². The van der Waals surface area contributed by atoms with Crippen molar-refractivity contribution in [3.63, 3.8) is 0 Å². The third-order valence-electron chi connectivity index (χ3n) is 4.54. The molecule has 0 unspecified atom stereocenters. The quantitative estimate of drug-likeness (QED) is 0.455. The molecule has 3 heterocycles. The zero-order chi connectivity index (χ0) is 21.8. The van der Waals surface area contributed by atoms with Gasteiger partial charge in [0, 0.05) is 13.1 Å². The van der Waals surface area contributed by atoms with Gasteiger partial charge in [-0.05, 0) is 45.6 Å². The summed E-state index contributed by atoms with van der Waals surface area (Å²) in [4.78, 5) is 24.6. The van der Waals surface area contributed by atoms with Crippen molar-refractivity contribution in [2.75, 3.05) is 26.3 Å². The molecular formula is C18H19N5O6S2. The lowest BCUT2D eigenvalue weighted by Gasteiger charge is -2.26. The van der Waals surface area contributed by atoms with Gasteiger partial charge in [0.05, 0.1) is 18.1 Å². The molecule has 13 heteroatoms. The van der Waals surface area contributed by atoms with Gasteiger partial charge in [0.25, 0.3) is 0 Å². The first-order valence-corrected chi connectivity index (χ1v) is 11.7. The highest BCUT2D eigenvalue weighted by molar-refractivity contribution is 7.89.